The number of carbonyl (C=O) groups is 1. The van der Waals surface area contributed by atoms with E-state index in [4.69, 9.17) is 10.5 Å². The number of nitrogens with one attached hydrogen (secondary N) is 1. The van der Waals surface area contributed by atoms with Crippen molar-refractivity contribution >= 4 is 49.8 Å². The van der Waals surface area contributed by atoms with Crippen molar-refractivity contribution in [3.8, 4) is 0 Å². The Morgan fingerprint density at radius 2 is 2.07 bits per heavy atom. The minimum Gasteiger partial charge on any atom is -0.465 e. The molecule has 3 rings (SSSR count). The van der Waals surface area contributed by atoms with Gasteiger partial charge in [-0.05, 0) is 24.8 Å². The molecule has 0 saturated heterocycles. The summed E-state index contributed by atoms with van der Waals surface area (Å²) in [5, 5.41) is 0.529. The van der Waals surface area contributed by atoms with E-state index < -0.39 is 21.5 Å². The van der Waals surface area contributed by atoms with Crippen LogP contribution in [0.2, 0.25) is 0 Å². The molecule has 1 fully saturated rings. The number of carbonyl (C=O) groups excluding carboxylic acids is 1. The minimum atomic E-state index is -3.95. The Morgan fingerprint density at radius 1 is 1.37 bits per heavy atom. The predicted octanol–water partition coefficient (Wildman–Crippen LogP) is 3.30. The number of hydrogen-bond donors (Lipinski definition) is 2. The van der Waals surface area contributed by atoms with Crippen LogP contribution >= 0.6 is 23.7 Å². The molecule has 3 N–H and O–H groups in total. The molecule has 1 aromatic carbocycles. The second kappa shape index (κ2) is 8.45. The molecular formula is C18H25ClN2O4S2. The van der Waals surface area contributed by atoms with Crippen molar-refractivity contribution in [3.63, 3.8) is 0 Å². The molecule has 9 heteroatoms. The first-order valence-corrected chi connectivity index (χ1v) is 11.0. The summed E-state index contributed by atoms with van der Waals surface area (Å²) in [6, 6.07) is 7.09. The number of nitrogens with two attached hydrogens (primary N) is 1. The summed E-state index contributed by atoms with van der Waals surface area (Å²) < 4.78 is 35.1. The Kier molecular flexibility index (Phi) is 6.91. The number of sulfonamides is 1. The summed E-state index contributed by atoms with van der Waals surface area (Å²) in [5.74, 6) is -0.521. The Bertz CT molecular complexity index is 929. The molecule has 0 spiro atoms. The zero-order valence-electron chi connectivity index (χ0n) is 15.4. The maximum Gasteiger partial charge on any atom is 0.349 e. The van der Waals surface area contributed by atoms with E-state index in [1.165, 1.54) is 7.11 Å². The zero-order chi connectivity index (χ0) is 18.9. The third-order valence-corrected chi connectivity index (χ3v) is 8.26. The van der Waals surface area contributed by atoms with E-state index in [0.717, 1.165) is 35.3 Å². The SMILES string of the molecule is COC(=O)c1sc2ccccc2c1S(=O)(=O)NC1(CN)CCCCC1C.Cl. The summed E-state index contributed by atoms with van der Waals surface area (Å²) in [4.78, 5) is 12.3. The Morgan fingerprint density at radius 3 is 2.70 bits per heavy atom. The monoisotopic (exact) mass is 432 g/mol. The highest BCUT2D eigenvalue weighted by Gasteiger charge is 2.42. The van der Waals surface area contributed by atoms with Gasteiger partial charge in [0.05, 0.1) is 7.11 Å². The van der Waals surface area contributed by atoms with E-state index >= 15 is 0 Å². The molecule has 6 nitrogen and oxygen atoms in total. The molecule has 1 aliphatic carbocycles. The van der Waals surface area contributed by atoms with Crippen LogP contribution in [0, 0.1) is 5.92 Å². The number of methoxy groups -OCH3 is 1. The average Bonchev–Trinajstić information content (AvgIpc) is 3.03. The molecule has 1 saturated carbocycles. The zero-order valence-corrected chi connectivity index (χ0v) is 17.8. The van der Waals surface area contributed by atoms with Crippen molar-refractivity contribution in [1.29, 1.82) is 0 Å². The van der Waals surface area contributed by atoms with E-state index in [2.05, 4.69) is 4.72 Å². The van der Waals surface area contributed by atoms with Gasteiger partial charge in [-0.25, -0.2) is 17.9 Å². The first kappa shape index (κ1) is 22.1. The topological polar surface area (TPSA) is 98.5 Å². The van der Waals surface area contributed by atoms with Gasteiger partial charge in [0.15, 0.2) is 0 Å². The Labute approximate surface area is 169 Å². The van der Waals surface area contributed by atoms with E-state index in [1.807, 2.05) is 13.0 Å². The molecule has 2 aromatic rings. The molecule has 0 bridgehead atoms. The maximum atomic E-state index is 13.4. The molecule has 0 radical (unpaired) electrons. The van der Waals surface area contributed by atoms with Crippen LogP contribution in [-0.2, 0) is 14.8 Å². The normalized spacial score (nSPS) is 23.0. The molecule has 150 valence electrons. The molecule has 2 unspecified atom stereocenters. The predicted molar refractivity (Wildman–Crippen MR) is 110 cm³/mol. The second-order valence-corrected chi connectivity index (χ2v) is 9.53. The fraction of sp³-hybridized carbons (Fsp3) is 0.500. The molecule has 27 heavy (non-hydrogen) atoms. The highest BCUT2D eigenvalue weighted by Crippen LogP contribution is 2.38. The fourth-order valence-electron chi connectivity index (χ4n) is 3.74. The molecule has 0 aliphatic heterocycles. The van der Waals surface area contributed by atoms with Gasteiger partial charge in [0.1, 0.15) is 9.77 Å². The molecule has 1 aliphatic rings. The van der Waals surface area contributed by atoms with Crippen LogP contribution in [0.1, 0.15) is 42.3 Å². The molecule has 2 atom stereocenters. The van der Waals surface area contributed by atoms with Crippen molar-refractivity contribution in [2.24, 2.45) is 11.7 Å². The van der Waals surface area contributed by atoms with Crippen LogP contribution in [0.5, 0.6) is 0 Å². The van der Waals surface area contributed by atoms with E-state index in [-0.39, 0.29) is 34.6 Å². The quantitative estimate of drug-likeness (QED) is 0.706. The summed E-state index contributed by atoms with van der Waals surface area (Å²) in [5.41, 5.74) is 5.32. The number of halogens is 1. The van der Waals surface area contributed by atoms with Crippen molar-refractivity contribution in [3.05, 3.63) is 29.1 Å². The standard InChI is InChI=1S/C18H24N2O4S2.ClH/c1-12-7-5-6-10-18(12,11-19)20-26(22,23)16-13-8-3-4-9-14(13)25-15(16)17(21)24-2;/h3-4,8-9,12,20H,5-7,10-11,19H2,1-2H3;1H. The maximum absolute atomic E-state index is 13.4. The van der Waals surface area contributed by atoms with E-state index in [0.29, 0.717) is 11.8 Å². The van der Waals surface area contributed by atoms with Gasteiger partial charge in [0.2, 0.25) is 10.0 Å². The van der Waals surface area contributed by atoms with Gasteiger partial charge in [-0.2, -0.15) is 0 Å². The first-order chi connectivity index (χ1) is 12.3. The van der Waals surface area contributed by atoms with Crippen LogP contribution in [0.15, 0.2) is 29.2 Å². The van der Waals surface area contributed by atoms with Gasteiger partial charge >= 0.3 is 5.97 Å². The Balaban J connectivity index is 0.00000261. The number of hydrogen-bond acceptors (Lipinski definition) is 6. The summed E-state index contributed by atoms with van der Waals surface area (Å²) >= 11 is 1.13. The highest BCUT2D eigenvalue weighted by atomic mass is 35.5. The number of rotatable bonds is 5. The van der Waals surface area contributed by atoms with Gasteiger partial charge < -0.3 is 10.5 Å². The van der Waals surface area contributed by atoms with Gasteiger partial charge in [-0.15, -0.1) is 23.7 Å². The van der Waals surface area contributed by atoms with Crippen LogP contribution in [-0.4, -0.2) is 33.6 Å². The van der Waals surface area contributed by atoms with Crippen molar-refractivity contribution in [1.82, 2.24) is 4.72 Å². The Hall–Kier alpha value is -1.19. The van der Waals surface area contributed by atoms with Crippen LogP contribution in [0.3, 0.4) is 0 Å². The molecule has 1 heterocycles. The lowest BCUT2D eigenvalue weighted by Crippen LogP contribution is -2.59. The van der Waals surface area contributed by atoms with Gasteiger partial charge in [0.25, 0.3) is 0 Å². The second-order valence-electron chi connectivity index (χ2n) is 6.86. The number of fused-ring (bicyclic) bond motifs is 1. The largest absolute Gasteiger partial charge is 0.465 e. The third-order valence-electron chi connectivity index (χ3n) is 5.34. The van der Waals surface area contributed by atoms with E-state index in [1.54, 1.807) is 18.2 Å². The van der Waals surface area contributed by atoms with Crippen molar-refractivity contribution in [2.75, 3.05) is 13.7 Å². The molecular weight excluding hydrogens is 408 g/mol. The summed E-state index contributed by atoms with van der Waals surface area (Å²) in [6.45, 7) is 2.25. The lowest BCUT2D eigenvalue weighted by atomic mass is 9.74. The molecule has 0 amide bonds. The van der Waals surface area contributed by atoms with E-state index in [9.17, 15) is 13.2 Å². The lowest BCUT2D eigenvalue weighted by Gasteiger charge is -2.42. The third kappa shape index (κ3) is 4.00. The number of esters is 1. The molecule has 1 aromatic heterocycles. The lowest BCUT2D eigenvalue weighted by molar-refractivity contribution is 0.0602. The van der Waals surface area contributed by atoms with Crippen LogP contribution in [0.25, 0.3) is 10.1 Å². The summed E-state index contributed by atoms with van der Waals surface area (Å²) in [7, 11) is -2.70. The van der Waals surface area contributed by atoms with Crippen molar-refractivity contribution in [2.45, 2.75) is 43.0 Å². The van der Waals surface area contributed by atoms with Gasteiger partial charge in [-0.1, -0.05) is 38.0 Å². The number of thiophene rings is 1. The summed E-state index contributed by atoms with van der Waals surface area (Å²) in [6.07, 6.45) is 3.62. The van der Waals surface area contributed by atoms with Gasteiger partial charge in [-0.3, -0.25) is 0 Å². The highest BCUT2D eigenvalue weighted by molar-refractivity contribution is 7.90. The van der Waals surface area contributed by atoms with Crippen LogP contribution in [0.4, 0.5) is 0 Å². The number of ether oxygens (including phenoxy) is 1. The number of benzene rings is 1. The fourth-order valence-corrected chi connectivity index (χ4v) is 7.10. The smallest absolute Gasteiger partial charge is 0.349 e. The van der Waals surface area contributed by atoms with Crippen LogP contribution < -0.4 is 10.5 Å². The minimum absolute atomic E-state index is 0. The van der Waals surface area contributed by atoms with Gasteiger partial charge in [0, 0.05) is 22.2 Å². The average molecular weight is 433 g/mol. The first-order valence-electron chi connectivity index (χ1n) is 8.68. The van der Waals surface area contributed by atoms with Crippen molar-refractivity contribution < 1.29 is 17.9 Å².